The van der Waals surface area contributed by atoms with Gasteiger partial charge in [0, 0.05) is 0 Å². The molecule has 0 heterocycles. The summed E-state index contributed by atoms with van der Waals surface area (Å²) in [6, 6.07) is 0. The number of nitrogens with zero attached hydrogens (tertiary/aromatic N) is 2. The van der Waals surface area contributed by atoms with Crippen LogP contribution in [0.15, 0.2) is 0 Å². The first-order valence-electron chi connectivity index (χ1n) is 8.83. The Balaban J connectivity index is 4.80. The Morgan fingerprint density at radius 2 is 1.15 bits per heavy atom. The number of guanidine groups is 1. The zero-order valence-electron chi connectivity index (χ0n) is 14.5. The van der Waals surface area contributed by atoms with Crippen LogP contribution in [-0.2, 0) is 0 Å². The maximum Gasteiger partial charge on any atom is 0.345 e. The molecule has 0 fully saturated rings. The second-order valence-corrected chi connectivity index (χ2v) is 5.75. The molecular formula is C17H38N3+. The molecule has 0 unspecified atom stereocenters. The van der Waals surface area contributed by atoms with Crippen LogP contribution in [0.3, 0.4) is 0 Å². The lowest BCUT2D eigenvalue weighted by molar-refractivity contribution is -0.534. The number of rotatable bonds is 12. The molecule has 0 bridgehead atoms. The number of unbranched alkanes of at least 4 members (excludes halogenated alkanes) is 4. The molecule has 0 amide bonds. The topological polar surface area (TPSA) is 32.3 Å². The SMILES string of the molecule is CCCCN(CCCC)C(N)=[N+](CCCC)CCCC. The van der Waals surface area contributed by atoms with E-state index >= 15 is 0 Å². The predicted molar refractivity (Wildman–Crippen MR) is 90.4 cm³/mol. The molecule has 0 aliphatic heterocycles. The van der Waals surface area contributed by atoms with Crippen LogP contribution in [0.2, 0.25) is 0 Å². The molecule has 0 atom stereocenters. The van der Waals surface area contributed by atoms with Crippen LogP contribution in [0.25, 0.3) is 0 Å². The largest absolute Gasteiger partial charge is 0.345 e. The summed E-state index contributed by atoms with van der Waals surface area (Å²) in [6.45, 7) is 13.4. The summed E-state index contributed by atoms with van der Waals surface area (Å²) >= 11 is 0. The first-order valence-corrected chi connectivity index (χ1v) is 8.83. The van der Waals surface area contributed by atoms with Gasteiger partial charge in [-0.1, -0.05) is 53.4 Å². The first-order chi connectivity index (χ1) is 9.71. The van der Waals surface area contributed by atoms with E-state index in [-0.39, 0.29) is 0 Å². The zero-order valence-corrected chi connectivity index (χ0v) is 14.5. The van der Waals surface area contributed by atoms with Crippen molar-refractivity contribution in [3.63, 3.8) is 0 Å². The van der Waals surface area contributed by atoms with E-state index in [1.165, 1.54) is 51.4 Å². The normalized spacial score (nSPS) is 10.6. The van der Waals surface area contributed by atoms with Gasteiger partial charge in [-0.15, -0.1) is 0 Å². The maximum atomic E-state index is 6.49. The van der Waals surface area contributed by atoms with E-state index in [0.717, 1.165) is 32.1 Å². The molecule has 0 saturated heterocycles. The van der Waals surface area contributed by atoms with Gasteiger partial charge in [-0.3, -0.25) is 15.2 Å². The minimum atomic E-state index is 1.02. The van der Waals surface area contributed by atoms with Gasteiger partial charge in [-0.25, -0.2) is 0 Å². The van der Waals surface area contributed by atoms with Crippen molar-refractivity contribution in [2.45, 2.75) is 79.1 Å². The molecule has 0 aromatic heterocycles. The summed E-state index contributed by atoms with van der Waals surface area (Å²) < 4.78 is 2.42. The molecule has 0 saturated carbocycles. The summed E-state index contributed by atoms with van der Waals surface area (Å²) in [6.07, 6.45) is 9.89. The van der Waals surface area contributed by atoms with Crippen LogP contribution >= 0.6 is 0 Å². The molecule has 3 nitrogen and oxygen atoms in total. The van der Waals surface area contributed by atoms with Crippen LogP contribution in [0.4, 0.5) is 0 Å². The Morgan fingerprint density at radius 1 is 0.750 bits per heavy atom. The molecule has 0 spiro atoms. The van der Waals surface area contributed by atoms with E-state index in [1.54, 1.807) is 0 Å². The molecule has 0 radical (unpaired) electrons. The fraction of sp³-hybridized carbons (Fsp3) is 0.941. The molecule has 2 N–H and O–H groups in total. The van der Waals surface area contributed by atoms with Crippen molar-refractivity contribution in [2.75, 3.05) is 26.2 Å². The summed E-state index contributed by atoms with van der Waals surface area (Å²) in [7, 11) is 0. The second-order valence-electron chi connectivity index (χ2n) is 5.75. The standard InChI is InChI=1S/C17H37N3/c1-5-9-13-19(14-10-6-2)17(18)20(15-11-7-3)16-12-8-4/h18H,5-16H2,1-4H3/p+1. The highest BCUT2D eigenvalue weighted by atomic mass is 15.3. The lowest BCUT2D eigenvalue weighted by Crippen LogP contribution is -2.46. The molecule has 0 aromatic carbocycles. The van der Waals surface area contributed by atoms with Gasteiger partial charge >= 0.3 is 5.96 Å². The van der Waals surface area contributed by atoms with Crippen LogP contribution in [0, 0.1) is 0 Å². The molecule has 0 aromatic rings. The van der Waals surface area contributed by atoms with E-state index in [0.29, 0.717) is 0 Å². The Hall–Kier alpha value is -0.730. The van der Waals surface area contributed by atoms with Crippen LogP contribution < -0.4 is 5.73 Å². The molecular weight excluding hydrogens is 246 g/mol. The number of hydrogen-bond acceptors (Lipinski definition) is 0. The Labute approximate surface area is 127 Å². The van der Waals surface area contributed by atoms with Crippen molar-refractivity contribution >= 4 is 5.96 Å². The monoisotopic (exact) mass is 284 g/mol. The summed E-state index contributed by atoms with van der Waals surface area (Å²) in [5, 5.41) is 0. The highest BCUT2D eigenvalue weighted by Gasteiger charge is 2.17. The van der Waals surface area contributed by atoms with E-state index in [4.69, 9.17) is 5.73 Å². The highest BCUT2D eigenvalue weighted by molar-refractivity contribution is 5.72. The van der Waals surface area contributed by atoms with Crippen molar-refractivity contribution in [3.05, 3.63) is 0 Å². The Kier molecular flexibility index (Phi) is 12.8. The van der Waals surface area contributed by atoms with Gasteiger partial charge < -0.3 is 0 Å². The zero-order chi connectivity index (χ0) is 15.2. The van der Waals surface area contributed by atoms with Crippen molar-refractivity contribution in [1.29, 1.82) is 0 Å². The minimum Gasteiger partial charge on any atom is -0.291 e. The number of nitrogens with two attached hydrogens (primary N) is 1. The molecule has 0 rings (SSSR count). The second kappa shape index (κ2) is 13.3. The van der Waals surface area contributed by atoms with E-state index in [2.05, 4.69) is 37.2 Å². The third-order valence-electron chi connectivity index (χ3n) is 3.77. The van der Waals surface area contributed by atoms with Gasteiger partial charge in [0.1, 0.15) is 0 Å². The van der Waals surface area contributed by atoms with Gasteiger partial charge in [0.25, 0.3) is 0 Å². The quantitative estimate of drug-likeness (QED) is 0.336. The van der Waals surface area contributed by atoms with Crippen LogP contribution in [0.1, 0.15) is 79.1 Å². The Morgan fingerprint density at radius 3 is 1.50 bits per heavy atom. The van der Waals surface area contributed by atoms with E-state index < -0.39 is 0 Å². The predicted octanol–water partition coefficient (Wildman–Crippen LogP) is 3.82. The first kappa shape index (κ1) is 19.3. The third-order valence-corrected chi connectivity index (χ3v) is 3.77. The van der Waals surface area contributed by atoms with Gasteiger partial charge in [0.2, 0.25) is 0 Å². The van der Waals surface area contributed by atoms with Gasteiger partial charge in [-0.05, 0) is 25.7 Å². The van der Waals surface area contributed by atoms with Crippen LogP contribution in [0.5, 0.6) is 0 Å². The fourth-order valence-corrected chi connectivity index (χ4v) is 2.28. The van der Waals surface area contributed by atoms with E-state index in [1.807, 2.05) is 0 Å². The molecule has 0 aliphatic rings. The molecule has 20 heavy (non-hydrogen) atoms. The minimum absolute atomic E-state index is 1.02. The smallest absolute Gasteiger partial charge is 0.291 e. The van der Waals surface area contributed by atoms with Crippen molar-refractivity contribution < 1.29 is 4.58 Å². The van der Waals surface area contributed by atoms with Crippen molar-refractivity contribution in [1.82, 2.24) is 4.90 Å². The summed E-state index contributed by atoms with van der Waals surface area (Å²) in [5.74, 6) is 1.02. The summed E-state index contributed by atoms with van der Waals surface area (Å²) in [5.41, 5.74) is 6.49. The Bertz CT molecular complexity index is 231. The molecule has 3 heteroatoms. The average molecular weight is 285 g/mol. The third kappa shape index (κ3) is 8.44. The van der Waals surface area contributed by atoms with Crippen molar-refractivity contribution in [2.24, 2.45) is 5.73 Å². The number of hydrogen-bond donors (Lipinski definition) is 1. The summed E-state index contributed by atoms with van der Waals surface area (Å²) in [4.78, 5) is 2.42. The van der Waals surface area contributed by atoms with Crippen LogP contribution in [-0.4, -0.2) is 41.6 Å². The van der Waals surface area contributed by atoms with Gasteiger partial charge in [-0.2, -0.15) is 0 Å². The highest BCUT2D eigenvalue weighted by Crippen LogP contribution is 2.01. The lowest BCUT2D eigenvalue weighted by atomic mass is 10.2. The van der Waals surface area contributed by atoms with E-state index in [9.17, 15) is 0 Å². The fourth-order valence-electron chi connectivity index (χ4n) is 2.28. The molecule has 0 aliphatic carbocycles. The van der Waals surface area contributed by atoms with Crippen molar-refractivity contribution in [3.8, 4) is 0 Å². The maximum absolute atomic E-state index is 6.49. The average Bonchev–Trinajstić information content (AvgIpc) is 2.47. The molecule has 120 valence electrons. The van der Waals surface area contributed by atoms with Gasteiger partial charge in [0.15, 0.2) is 0 Å². The van der Waals surface area contributed by atoms with Gasteiger partial charge in [0.05, 0.1) is 26.2 Å². The lowest BCUT2D eigenvalue weighted by Gasteiger charge is -2.21.